The maximum absolute atomic E-state index is 11.9. The van der Waals surface area contributed by atoms with Crippen LogP contribution in [0.3, 0.4) is 0 Å². The molecule has 6 nitrogen and oxygen atoms in total. The fourth-order valence-corrected chi connectivity index (χ4v) is 2.46. The highest BCUT2D eigenvalue weighted by Gasteiger charge is 2.17. The average Bonchev–Trinajstić information content (AvgIpc) is 3.05. The molecule has 0 radical (unpaired) electrons. The normalized spacial score (nSPS) is 18.0. The van der Waals surface area contributed by atoms with Gasteiger partial charge in [0.25, 0.3) is 0 Å². The first-order valence-corrected chi connectivity index (χ1v) is 6.85. The average molecular weight is 279 g/mol. The Morgan fingerprint density at radius 1 is 1.55 bits per heavy atom. The maximum Gasteiger partial charge on any atom is 0.354 e. The molecule has 0 aromatic carbocycles. The molecule has 2 N–H and O–H groups in total. The summed E-state index contributed by atoms with van der Waals surface area (Å²) in [6, 6.07) is 1.63. The van der Waals surface area contributed by atoms with Gasteiger partial charge in [-0.1, -0.05) is 0 Å². The van der Waals surface area contributed by atoms with Gasteiger partial charge in [0, 0.05) is 19.7 Å². The first kappa shape index (κ1) is 14.6. The third kappa shape index (κ3) is 3.60. The number of hydrogen-bond acceptors (Lipinski definition) is 4. The number of amides is 1. The zero-order chi connectivity index (χ0) is 14.5. The van der Waals surface area contributed by atoms with E-state index in [1.54, 1.807) is 23.9 Å². The molecule has 1 saturated heterocycles. The van der Waals surface area contributed by atoms with Gasteiger partial charge in [0.2, 0.25) is 5.91 Å². The molecule has 1 unspecified atom stereocenters. The number of aryl methyl sites for hydroxylation is 1. The van der Waals surface area contributed by atoms with Gasteiger partial charge < -0.3 is 19.9 Å². The van der Waals surface area contributed by atoms with E-state index in [-0.39, 0.29) is 5.91 Å². The molecule has 6 heteroatoms. The van der Waals surface area contributed by atoms with E-state index < -0.39 is 5.97 Å². The first-order valence-electron chi connectivity index (χ1n) is 6.85. The highest BCUT2D eigenvalue weighted by atomic mass is 16.5. The molecule has 1 aliphatic heterocycles. The number of anilines is 1. The Labute approximate surface area is 118 Å². The monoisotopic (exact) mass is 279 g/mol. The minimum absolute atomic E-state index is 0.0149. The summed E-state index contributed by atoms with van der Waals surface area (Å²) in [5.41, 5.74) is 1.05. The van der Waals surface area contributed by atoms with Crippen molar-refractivity contribution < 1.29 is 14.3 Å². The van der Waals surface area contributed by atoms with Gasteiger partial charge in [0.05, 0.1) is 12.8 Å². The van der Waals surface area contributed by atoms with Crippen molar-refractivity contribution in [3.8, 4) is 0 Å². The Morgan fingerprint density at radius 3 is 3.00 bits per heavy atom. The van der Waals surface area contributed by atoms with Gasteiger partial charge in [0.1, 0.15) is 5.69 Å². The van der Waals surface area contributed by atoms with Crippen molar-refractivity contribution >= 4 is 17.6 Å². The number of hydrogen-bond donors (Lipinski definition) is 2. The maximum atomic E-state index is 11.9. The molecule has 1 aromatic rings. The Hall–Kier alpha value is -1.82. The molecule has 0 spiro atoms. The number of ether oxygens (including phenoxy) is 1. The number of esters is 1. The molecule has 1 aliphatic rings. The minimum Gasteiger partial charge on any atom is -0.464 e. The number of nitrogens with zero attached hydrogens (tertiary/aromatic N) is 1. The lowest BCUT2D eigenvalue weighted by molar-refractivity contribution is -0.116. The topological polar surface area (TPSA) is 72.4 Å². The van der Waals surface area contributed by atoms with Crippen LogP contribution in [0.25, 0.3) is 0 Å². The van der Waals surface area contributed by atoms with E-state index in [2.05, 4.69) is 15.4 Å². The Morgan fingerprint density at radius 2 is 2.35 bits per heavy atom. The predicted molar refractivity (Wildman–Crippen MR) is 75.6 cm³/mol. The first-order chi connectivity index (χ1) is 9.60. The molecule has 1 fully saturated rings. The SMILES string of the molecule is COC(=O)c1cc(NC(=O)CCC2CCNC2)cn1C. The van der Waals surface area contributed by atoms with Gasteiger partial charge in [0.15, 0.2) is 0 Å². The summed E-state index contributed by atoms with van der Waals surface area (Å²) in [7, 11) is 3.08. The number of rotatable bonds is 5. The number of carbonyl (C=O) groups is 2. The molecule has 110 valence electrons. The fourth-order valence-electron chi connectivity index (χ4n) is 2.46. The van der Waals surface area contributed by atoms with Crippen LogP contribution in [0.2, 0.25) is 0 Å². The molecule has 1 amide bonds. The van der Waals surface area contributed by atoms with Crippen molar-refractivity contribution in [2.45, 2.75) is 19.3 Å². The summed E-state index contributed by atoms with van der Waals surface area (Å²) in [6.45, 7) is 2.05. The smallest absolute Gasteiger partial charge is 0.354 e. The highest BCUT2D eigenvalue weighted by Crippen LogP contribution is 2.17. The van der Waals surface area contributed by atoms with Gasteiger partial charge in [-0.3, -0.25) is 4.79 Å². The Bertz CT molecular complexity index is 490. The van der Waals surface area contributed by atoms with Gasteiger partial charge >= 0.3 is 5.97 Å². The molecule has 0 aliphatic carbocycles. The second-order valence-corrected chi connectivity index (χ2v) is 5.16. The molecule has 0 saturated carbocycles. The van der Waals surface area contributed by atoms with Crippen molar-refractivity contribution in [3.05, 3.63) is 18.0 Å². The van der Waals surface area contributed by atoms with Crippen LogP contribution in [0.1, 0.15) is 29.8 Å². The van der Waals surface area contributed by atoms with E-state index in [1.807, 2.05) is 0 Å². The van der Waals surface area contributed by atoms with Gasteiger partial charge in [-0.25, -0.2) is 4.79 Å². The molecule has 2 rings (SSSR count). The molecule has 1 aromatic heterocycles. The van der Waals surface area contributed by atoms with Crippen molar-refractivity contribution in [2.24, 2.45) is 13.0 Å². The number of carbonyl (C=O) groups excluding carboxylic acids is 2. The standard InChI is InChI=1S/C14H21N3O3/c1-17-9-11(7-12(17)14(19)20-2)16-13(18)4-3-10-5-6-15-8-10/h7,9-10,15H,3-6,8H2,1-2H3,(H,16,18). The van der Waals surface area contributed by atoms with Gasteiger partial charge in [-0.15, -0.1) is 0 Å². The summed E-state index contributed by atoms with van der Waals surface area (Å²) >= 11 is 0. The van der Waals surface area contributed by atoms with Crippen LogP contribution in [0, 0.1) is 5.92 Å². The Kier molecular flexibility index (Phi) is 4.79. The van der Waals surface area contributed by atoms with Gasteiger partial charge in [-0.05, 0) is 37.9 Å². The summed E-state index contributed by atoms with van der Waals surface area (Å²) in [4.78, 5) is 23.3. The van der Waals surface area contributed by atoms with E-state index in [0.717, 1.165) is 25.9 Å². The number of methoxy groups -OCH3 is 1. The largest absolute Gasteiger partial charge is 0.464 e. The van der Waals surface area contributed by atoms with Crippen molar-refractivity contribution in [1.82, 2.24) is 9.88 Å². The van der Waals surface area contributed by atoms with E-state index in [0.29, 0.717) is 23.7 Å². The molecular formula is C14H21N3O3. The molecule has 1 atom stereocenters. The van der Waals surface area contributed by atoms with Crippen molar-refractivity contribution in [3.63, 3.8) is 0 Å². The van der Waals surface area contributed by atoms with E-state index in [4.69, 9.17) is 0 Å². The second kappa shape index (κ2) is 6.56. The molecule has 20 heavy (non-hydrogen) atoms. The van der Waals surface area contributed by atoms with Crippen molar-refractivity contribution in [1.29, 1.82) is 0 Å². The summed E-state index contributed by atoms with van der Waals surface area (Å²) in [5, 5.41) is 6.11. The lowest BCUT2D eigenvalue weighted by atomic mass is 10.0. The molecular weight excluding hydrogens is 258 g/mol. The van der Waals surface area contributed by atoms with Crippen LogP contribution in [0.5, 0.6) is 0 Å². The van der Waals surface area contributed by atoms with E-state index in [1.165, 1.54) is 7.11 Å². The molecule has 0 bridgehead atoms. The third-order valence-electron chi connectivity index (χ3n) is 3.63. The lowest BCUT2D eigenvalue weighted by Crippen LogP contribution is -2.14. The van der Waals surface area contributed by atoms with Crippen LogP contribution in [-0.4, -0.2) is 36.6 Å². The fraction of sp³-hybridized carbons (Fsp3) is 0.571. The van der Waals surface area contributed by atoms with E-state index >= 15 is 0 Å². The Balaban J connectivity index is 1.86. The van der Waals surface area contributed by atoms with Crippen LogP contribution < -0.4 is 10.6 Å². The highest BCUT2D eigenvalue weighted by molar-refractivity contribution is 5.94. The van der Waals surface area contributed by atoms with Crippen LogP contribution in [-0.2, 0) is 16.6 Å². The van der Waals surface area contributed by atoms with Crippen LogP contribution >= 0.6 is 0 Å². The third-order valence-corrected chi connectivity index (χ3v) is 3.63. The quantitative estimate of drug-likeness (QED) is 0.793. The van der Waals surface area contributed by atoms with Gasteiger partial charge in [-0.2, -0.15) is 0 Å². The summed E-state index contributed by atoms with van der Waals surface area (Å²) in [6.07, 6.45) is 4.26. The second-order valence-electron chi connectivity index (χ2n) is 5.16. The summed E-state index contributed by atoms with van der Waals surface area (Å²) in [5.74, 6) is 0.172. The number of nitrogens with one attached hydrogen (secondary N) is 2. The lowest BCUT2D eigenvalue weighted by Gasteiger charge is -2.07. The van der Waals surface area contributed by atoms with Crippen molar-refractivity contribution in [2.75, 3.05) is 25.5 Å². The van der Waals surface area contributed by atoms with E-state index in [9.17, 15) is 9.59 Å². The minimum atomic E-state index is -0.412. The summed E-state index contributed by atoms with van der Waals surface area (Å²) < 4.78 is 6.31. The van der Waals surface area contributed by atoms with Crippen LogP contribution in [0.4, 0.5) is 5.69 Å². The molecule has 2 heterocycles. The predicted octanol–water partition coefficient (Wildman–Crippen LogP) is 1.14. The number of aromatic nitrogens is 1. The zero-order valence-corrected chi connectivity index (χ0v) is 11.9. The van der Waals surface area contributed by atoms with Crippen LogP contribution in [0.15, 0.2) is 12.3 Å². The zero-order valence-electron chi connectivity index (χ0n) is 11.9.